The third-order valence-corrected chi connectivity index (χ3v) is 4.25. The van der Waals surface area contributed by atoms with E-state index < -0.39 is 0 Å². The van der Waals surface area contributed by atoms with E-state index in [9.17, 15) is 4.79 Å². The molecule has 1 aliphatic rings. The quantitative estimate of drug-likeness (QED) is 0.911. The number of furan rings is 1. The van der Waals surface area contributed by atoms with Crippen molar-refractivity contribution in [2.24, 2.45) is 0 Å². The van der Waals surface area contributed by atoms with Gasteiger partial charge >= 0.3 is 0 Å². The fourth-order valence-corrected chi connectivity index (χ4v) is 3.03. The van der Waals surface area contributed by atoms with E-state index in [1.807, 2.05) is 24.3 Å². The minimum Gasteiger partial charge on any atom is -0.467 e. The molecule has 3 nitrogen and oxygen atoms in total. The van der Waals surface area contributed by atoms with Crippen molar-refractivity contribution < 1.29 is 9.21 Å². The molecule has 0 bridgehead atoms. The molecular formula is C18H21NO2. The van der Waals surface area contributed by atoms with Gasteiger partial charge in [0.1, 0.15) is 5.76 Å². The van der Waals surface area contributed by atoms with Gasteiger partial charge < -0.3 is 9.73 Å². The smallest absolute Gasteiger partial charge is 0.251 e. The molecule has 0 radical (unpaired) electrons. The van der Waals surface area contributed by atoms with E-state index >= 15 is 0 Å². The van der Waals surface area contributed by atoms with Crippen LogP contribution in [0, 0.1) is 0 Å². The van der Waals surface area contributed by atoms with Crippen LogP contribution in [0.15, 0.2) is 47.1 Å². The minimum absolute atomic E-state index is 0.0541. The van der Waals surface area contributed by atoms with Crippen LogP contribution in [0.1, 0.15) is 59.7 Å². The molecule has 2 aromatic rings. The Hall–Kier alpha value is -2.03. The van der Waals surface area contributed by atoms with Crippen molar-refractivity contribution in [1.82, 2.24) is 5.32 Å². The molecule has 1 heterocycles. The van der Waals surface area contributed by atoms with Gasteiger partial charge in [-0.1, -0.05) is 31.4 Å². The second kappa shape index (κ2) is 6.61. The van der Waals surface area contributed by atoms with Crippen LogP contribution in [0.5, 0.6) is 0 Å². The van der Waals surface area contributed by atoms with E-state index in [0.29, 0.717) is 18.0 Å². The summed E-state index contributed by atoms with van der Waals surface area (Å²) in [4.78, 5) is 12.1. The van der Waals surface area contributed by atoms with Crippen molar-refractivity contribution in [3.8, 4) is 0 Å². The first-order valence-corrected chi connectivity index (χ1v) is 7.73. The van der Waals surface area contributed by atoms with E-state index in [2.05, 4.69) is 17.4 Å². The Kier molecular flexibility index (Phi) is 4.39. The molecule has 1 fully saturated rings. The molecule has 0 spiro atoms. The summed E-state index contributed by atoms with van der Waals surface area (Å²) in [6.07, 6.45) is 8.20. The maximum atomic E-state index is 12.1. The van der Waals surface area contributed by atoms with Gasteiger partial charge in [0.2, 0.25) is 0 Å². The van der Waals surface area contributed by atoms with E-state index in [-0.39, 0.29) is 5.91 Å². The second-order valence-corrected chi connectivity index (χ2v) is 5.72. The van der Waals surface area contributed by atoms with Gasteiger partial charge in [0.05, 0.1) is 12.8 Å². The lowest BCUT2D eigenvalue weighted by molar-refractivity contribution is 0.0948. The standard InChI is InChI=1S/C18H21NO2/c20-18(19-13-17-7-4-12-21-17)16-10-8-15(9-11-16)14-5-2-1-3-6-14/h4,7-12,14H,1-3,5-6,13H2,(H,19,20). The molecule has 3 heteroatoms. The van der Waals surface area contributed by atoms with E-state index in [1.54, 1.807) is 6.26 Å². The fourth-order valence-electron chi connectivity index (χ4n) is 3.03. The number of rotatable bonds is 4. The maximum absolute atomic E-state index is 12.1. The first-order chi connectivity index (χ1) is 10.3. The molecule has 1 aromatic carbocycles. The molecular weight excluding hydrogens is 262 g/mol. The Morgan fingerprint density at radius 1 is 1.10 bits per heavy atom. The molecule has 21 heavy (non-hydrogen) atoms. The SMILES string of the molecule is O=C(NCc1ccco1)c1ccc(C2CCCCC2)cc1. The lowest BCUT2D eigenvalue weighted by Crippen LogP contribution is -2.22. The number of nitrogens with one attached hydrogen (secondary N) is 1. The molecule has 1 amide bonds. The van der Waals surface area contributed by atoms with Crippen LogP contribution in [0.3, 0.4) is 0 Å². The van der Waals surface area contributed by atoms with Gasteiger partial charge in [-0.05, 0) is 48.6 Å². The highest BCUT2D eigenvalue weighted by molar-refractivity contribution is 5.94. The van der Waals surface area contributed by atoms with Gasteiger partial charge in [0.15, 0.2) is 0 Å². The average molecular weight is 283 g/mol. The number of benzene rings is 1. The van der Waals surface area contributed by atoms with Gasteiger partial charge in [0.25, 0.3) is 5.91 Å². The summed E-state index contributed by atoms with van der Waals surface area (Å²) in [6.45, 7) is 0.427. The summed E-state index contributed by atoms with van der Waals surface area (Å²) in [5.74, 6) is 1.39. The van der Waals surface area contributed by atoms with Crippen LogP contribution in [0.4, 0.5) is 0 Å². The highest BCUT2D eigenvalue weighted by atomic mass is 16.3. The molecule has 3 rings (SSSR count). The fraction of sp³-hybridized carbons (Fsp3) is 0.389. The summed E-state index contributed by atoms with van der Waals surface area (Å²) in [5.41, 5.74) is 2.08. The number of carbonyl (C=O) groups is 1. The Morgan fingerprint density at radius 3 is 2.52 bits per heavy atom. The van der Waals surface area contributed by atoms with Crippen LogP contribution in [0.25, 0.3) is 0 Å². The molecule has 1 aromatic heterocycles. The second-order valence-electron chi connectivity index (χ2n) is 5.72. The van der Waals surface area contributed by atoms with Crippen molar-refractivity contribution in [3.63, 3.8) is 0 Å². The topological polar surface area (TPSA) is 42.2 Å². The van der Waals surface area contributed by atoms with Crippen LogP contribution in [-0.2, 0) is 6.54 Å². The van der Waals surface area contributed by atoms with E-state index in [1.165, 1.54) is 37.7 Å². The van der Waals surface area contributed by atoms with Gasteiger partial charge in [-0.25, -0.2) is 0 Å². The predicted octanol–water partition coefficient (Wildman–Crippen LogP) is 4.26. The van der Waals surface area contributed by atoms with Crippen molar-refractivity contribution in [2.45, 2.75) is 44.6 Å². The van der Waals surface area contributed by atoms with Crippen molar-refractivity contribution in [3.05, 3.63) is 59.5 Å². The summed E-state index contributed by atoms with van der Waals surface area (Å²) >= 11 is 0. The van der Waals surface area contributed by atoms with Crippen molar-refractivity contribution >= 4 is 5.91 Å². The monoisotopic (exact) mass is 283 g/mol. The van der Waals surface area contributed by atoms with Crippen LogP contribution in [-0.4, -0.2) is 5.91 Å². The molecule has 0 aliphatic heterocycles. The van der Waals surface area contributed by atoms with E-state index in [0.717, 1.165) is 5.76 Å². The largest absolute Gasteiger partial charge is 0.467 e. The molecule has 110 valence electrons. The number of amides is 1. The van der Waals surface area contributed by atoms with Crippen LogP contribution >= 0.6 is 0 Å². The summed E-state index contributed by atoms with van der Waals surface area (Å²) in [5, 5.41) is 2.87. The molecule has 1 N–H and O–H groups in total. The Bertz CT molecular complexity index is 566. The van der Waals surface area contributed by atoms with Crippen molar-refractivity contribution in [1.29, 1.82) is 0 Å². The maximum Gasteiger partial charge on any atom is 0.251 e. The Labute approximate surface area is 125 Å². The van der Waals surface area contributed by atoms with Crippen molar-refractivity contribution in [2.75, 3.05) is 0 Å². The zero-order valence-corrected chi connectivity index (χ0v) is 12.2. The average Bonchev–Trinajstić information content (AvgIpc) is 3.07. The molecule has 0 atom stereocenters. The molecule has 1 saturated carbocycles. The van der Waals surface area contributed by atoms with Crippen LogP contribution in [0.2, 0.25) is 0 Å². The lowest BCUT2D eigenvalue weighted by Gasteiger charge is -2.22. The summed E-state index contributed by atoms with van der Waals surface area (Å²) in [7, 11) is 0. The van der Waals surface area contributed by atoms with Gasteiger partial charge in [-0.15, -0.1) is 0 Å². The Morgan fingerprint density at radius 2 is 1.86 bits per heavy atom. The van der Waals surface area contributed by atoms with Gasteiger partial charge in [0, 0.05) is 5.56 Å². The van der Waals surface area contributed by atoms with Gasteiger partial charge in [-0.2, -0.15) is 0 Å². The molecule has 0 saturated heterocycles. The summed E-state index contributed by atoms with van der Waals surface area (Å²) in [6, 6.07) is 11.8. The zero-order valence-electron chi connectivity index (χ0n) is 12.2. The third kappa shape index (κ3) is 3.54. The highest BCUT2D eigenvalue weighted by Gasteiger charge is 2.15. The first kappa shape index (κ1) is 13.9. The summed E-state index contributed by atoms with van der Waals surface area (Å²) < 4.78 is 5.20. The number of carbonyl (C=O) groups excluding carboxylic acids is 1. The normalized spacial score (nSPS) is 15.8. The van der Waals surface area contributed by atoms with Gasteiger partial charge in [-0.3, -0.25) is 4.79 Å². The van der Waals surface area contributed by atoms with Crippen LogP contribution < -0.4 is 5.32 Å². The molecule has 0 unspecified atom stereocenters. The number of hydrogen-bond acceptors (Lipinski definition) is 2. The third-order valence-electron chi connectivity index (χ3n) is 4.25. The minimum atomic E-state index is -0.0541. The highest BCUT2D eigenvalue weighted by Crippen LogP contribution is 2.32. The molecule has 1 aliphatic carbocycles. The lowest BCUT2D eigenvalue weighted by atomic mass is 9.84. The zero-order chi connectivity index (χ0) is 14.5. The van der Waals surface area contributed by atoms with E-state index in [4.69, 9.17) is 4.42 Å². The first-order valence-electron chi connectivity index (χ1n) is 7.73. The number of hydrogen-bond donors (Lipinski definition) is 1. The predicted molar refractivity (Wildman–Crippen MR) is 82.1 cm³/mol. The Balaban J connectivity index is 1.59.